The molecule has 0 amide bonds. The Hall–Kier alpha value is -0.780. The van der Waals surface area contributed by atoms with Crippen molar-refractivity contribution in [2.75, 3.05) is 6.61 Å². The zero-order chi connectivity index (χ0) is 11.9. The van der Waals surface area contributed by atoms with Gasteiger partial charge in [-0.3, -0.25) is 4.79 Å². The minimum Gasteiger partial charge on any atom is -0.435 e. The zero-order valence-electron chi connectivity index (χ0n) is 8.72. The lowest BCUT2D eigenvalue weighted by Crippen LogP contribution is -2.47. The Morgan fingerprint density at radius 1 is 1.27 bits per heavy atom. The number of carbonyl (C=O) groups is 1. The van der Waals surface area contributed by atoms with Crippen molar-refractivity contribution < 1.29 is 27.4 Å². The summed E-state index contributed by atoms with van der Waals surface area (Å²) in [5.41, 5.74) is -0.522. The van der Waals surface area contributed by atoms with E-state index in [0.717, 1.165) is 0 Å². The minimum absolute atomic E-state index is 0.522. The number of cyclic esters (lactones) is 1. The molecule has 15 heavy (non-hydrogen) atoms. The Balaban J connectivity index is 2.68. The number of alkyl halides is 3. The molecule has 1 rings (SSSR count). The Kier molecular flexibility index (Phi) is 3.00. The van der Waals surface area contributed by atoms with Crippen molar-refractivity contribution in [1.82, 2.24) is 0 Å². The molecule has 88 valence electrons. The van der Waals surface area contributed by atoms with E-state index in [1.165, 1.54) is 0 Å². The minimum atomic E-state index is -4.60. The lowest BCUT2D eigenvalue weighted by atomic mass is 9.95. The molecule has 1 fully saturated rings. The third kappa shape index (κ3) is 2.84. The number of ether oxygens (including phenoxy) is 2. The monoisotopic (exact) mass is 226 g/mol. The maximum absolute atomic E-state index is 12.2. The fourth-order valence-corrected chi connectivity index (χ4v) is 1.13. The van der Waals surface area contributed by atoms with E-state index in [1.54, 1.807) is 20.8 Å². The molecule has 0 aromatic carbocycles. The van der Waals surface area contributed by atoms with Gasteiger partial charge in [-0.1, -0.05) is 20.8 Å². The van der Waals surface area contributed by atoms with Crippen LogP contribution in [0, 0.1) is 11.3 Å². The van der Waals surface area contributed by atoms with Crippen molar-refractivity contribution in [2.24, 2.45) is 11.3 Å². The molecule has 6 heteroatoms. The second-order valence-corrected chi connectivity index (χ2v) is 4.56. The fourth-order valence-electron chi connectivity index (χ4n) is 1.13. The third-order valence-corrected chi connectivity index (χ3v) is 2.02. The first kappa shape index (κ1) is 12.3. The summed E-state index contributed by atoms with van der Waals surface area (Å²) in [7, 11) is 0. The van der Waals surface area contributed by atoms with Crippen LogP contribution in [0.5, 0.6) is 0 Å². The van der Waals surface area contributed by atoms with Gasteiger partial charge in [0.25, 0.3) is 0 Å². The van der Waals surface area contributed by atoms with E-state index in [-0.39, 0.29) is 0 Å². The molecular formula is C9H13F3O3. The molecule has 0 bridgehead atoms. The van der Waals surface area contributed by atoms with Crippen LogP contribution in [0.15, 0.2) is 0 Å². The van der Waals surface area contributed by atoms with Crippen molar-refractivity contribution in [3.8, 4) is 0 Å². The second-order valence-electron chi connectivity index (χ2n) is 4.56. The van der Waals surface area contributed by atoms with Gasteiger partial charge in [-0.05, 0) is 0 Å². The van der Waals surface area contributed by atoms with Crippen LogP contribution in [0.3, 0.4) is 0 Å². The molecule has 0 N–H and O–H groups in total. The normalized spacial score (nSPS) is 28.8. The lowest BCUT2D eigenvalue weighted by Gasteiger charge is -2.36. The molecule has 1 heterocycles. The van der Waals surface area contributed by atoms with Gasteiger partial charge in [0.2, 0.25) is 6.29 Å². The SMILES string of the molecule is CC(C)(C)[C@H]1OC[C@H](C(F)(F)F)C(=O)O1. The average molecular weight is 226 g/mol. The van der Waals surface area contributed by atoms with E-state index in [9.17, 15) is 18.0 Å². The molecule has 0 aromatic heterocycles. The van der Waals surface area contributed by atoms with Gasteiger partial charge in [0.1, 0.15) is 0 Å². The van der Waals surface area contributed by atoms with Gasteiger partial charge in [-0.25, -0.2) is 0 Å². The largest absolute Gasteiger partial charge is 0.435 e. The van der Waals surface area contributed by atoms with Crippen LogP contribution >= 0.6 is 0 Å². The molecule has 1 aliphatic rings. The fraction of sp³-hybridized carbons (Fsp3) is 0.889. The van der Waals surface area contributed by atoms with Crippen molar-refractivity contribution in [3.63, 3.8) is 0 Å². The number of halogens is 3. The quantitative estimate of drug-likeness (QED) is 0.593. The lowest BCUT2D eigenvalue weighted by molar-refractivity contribution is -0.273. The number of carbonyl (C=O) groups excluding carboxylic acids is 1. The Labute approximate surface area is 85.5 Å². The van der Waals surface area contributed by atoms with E-state index < -0.39 is 36.4 Å². The molecule has 0 spiro atoms. The van der Waals surface area contributed by atoms with E-state index in [0.29, 0.717) is 0 Å². The molecule has 0 aliphatic carbocycles. The average Bonchev–Trinajstić information content (AvgIpc) is 1.99. The van der Waals surface area contributed by atoms with Gasteiger partial charge in [0.15, 0.2) is 5.92 Å². The summed E-state index contributed by atoms with van der Waals surface area (Å²) < 4.78 is 46.2. The molecule has 1 aliphatic heterocycles. The van der Waals surface area contributed by atoms with Gasteiger partial charge < -0.3 is 9.47 Å². The highest BCUT2D eigenvalue weighted by Crippen LogP contribution is 2.34. The Morgan fingerprint density at radius 3 is 2.13 bits per heavy atom. The van der Waals surface area contributed by atoms with Crippen LogP contribution in [0.2, 0.25) is 0 Å². The Bertz CT molecular complexity index is 254. The highest BCUT2D eigenvalue weighted by molar-refractivity contribution is 5.74. The summed E-state index contributed by atoms with van der Waals surface area (Å²) in [5.74, 6) is -3.41. The van der Waals surface area contributed by atoms with Crippen LogP contribution in [0.4, 0.5) is 13.2 Å². The van der Waals surface area contributed by atoms with Crippen molar-refractivity contribution in [3.05, 3.63) is 0 Å². The third-order valence-electron chi connectivity index (χ3n) is 2.02. The van der Waals surface area contributed by atoms with E-state index in [4.69, 9.17) is 4.74 Å². The summed E-state index contributed by atoms with van der Waals surface area (Å²) in [6, 6.07) is 0. The van der Waals surface area contributed by atoms with Crippen molar-refractivity contribution >= 4 is 5.97 Å². The number of hydrogen-bond acceptors (Lipinski definition) is 3. The summed E-state index contributed by atoms with van der Waals surface area (Å²) in [6.07, 6.45) is -5.51. The molecule has 0 aromatic rings. The molecule has 0 unspecified atom stereocenters. The van der Waals surface area contributed by atoms with E-state index >= 15 is 0 Å². The van der Waals surface area contributed by atoms with E-state index in [1.807, 2.05) is 0 Å². The van der Waals surface area contributed by atoms with Crippen LogP contribution < -0.4 is 0 Å². The van der Waals surface area contributed by atoms with Crippen LogP contribution in [-0.4, -0.2) is 25.0 Å². The summed E-state index contributed by atoms with van der Waals surface area (Å²) in [5, 5.41) is 0. The Morgan fingerprint density at radius 2 is 1.80 bits per heavy atom. The number of rotatable bonds is 0. The first-order valence-corrected chi connectivity index (χ1v) is 4.51. The van der Waals surface area contributed by atoms with E-state index in [2.05, 4.69) is 4.74 Å². The van der Waals surface area contributed by atoms with Gasteiger partial charge in [0.05, 0.1) is 6.61 Å². The molecule has 3 nitrogen and oxygen atoms in total. The topological polar surface area (TPSA) is 35.5 Å². The van der Waals surface area contributed by atoms with Gasteiger partial charge in [-0.15, -0.1) is 0 Å². The molecule has 0 radical (unpaired) electrons. The zero-order valence-corrected chi connectivity index (χ0v) is 8.72. The summed E-state index contributed by atoms with van der Waals surface area (Å²) >= 11 is 0. The first-order chi connectivity index (χ1) is 6.62. The number of esters is 1. The first-order valence-electron chi connectivity index (χ1n) is 4.51. The summed E-state index contributed by atoms with van der Waals surface area (Å²) in [6.45, 7) is 4.50. The van der Waals surface area contributed by atoms with Crippen LogP contribution in [0.25, 0.3) is 0 Å². The second kappa shape index (κ2) is 3.66. The van der Waals surface area contributed by atoms with Crippen molar-refractivity contribution in [2.45, 2.75) is 33.2 Å². The van der Waals surface area contributed by atoms with Crippen LogP contribution in [0.1, 0.15) is 20.8 Å². The predicted octanol–water partition coefficient (Wildman–Crippen LogP) is 2.11. The van der Waals surface area contributed by atoms with Crippen LogP contribution in [-0.2, 0) is 14.3 Å². The standard InChI is InChI=1S/C9H13F3O3/c1-8(2,3)7-14-4-5(6(13)15-7)9(10,11)12/h5,7H,4H2,1-3H3/t5-,7-/m0/s1. The highest BCUT2D eigenvalue weighted by atomic mass is 19.4. The molecule has 1 saturated heterocycles. The maximum Gasteiger partial charge on any atom is 0.404 e. The van der Waals surface area contributed by atoms with Crippen molar-refractivity contribution in [1.29, 1.82) is 0 Å². The maximum atomic E-state index is 12.2. The molecule has 2 atom stereocenters. The summed E-state index contributed by atoms with van der Waals surface area (Å²) in [4.78, 5) is 11.1. The van der Waals surface area contributed by atoms with Gasteiger partial charge in [0, 0.05) is 5.41 Å². The molecular weight excluding hydrogens is 213 g/mol. The number of hydrogen-bond donors (Lipinski definition) is 0. The van der Waals surface area contributed by atoms with Gasteiger partial charge >= 0.3 is 12.1 Å². The smallest absolute Gasteiger partial charge is 0.404 e. The highest BCUT2D eigenvalue weighted by Gasteiger charge is 2.51. The van der Waals surface area contributed by atoms with Gasteiger partial charge in [-0.2, -0.15) is 13.2 Å². The predicted molar refractivity (Wildman–Crippen MR) is 44.8 cm³/mol. The molecule has 0 saturated carbocycles.